The van der Waals surface area contributed by atoms with Crippen LogP contribution in [0.3, 0.4) is 0 Å². The van der Waals surface area contributed by atoms with Gasteiger partial charge >= 0.3 is 0 Å². The number of fused-ring (bicyclic) bond motifs is 1. The number of benzene rings is 2. The first kappa shape index (κ1) is 28.9. The number of aromatic nitrogens is 3. The summed E-state index contributed by atoms with van der Waals surface area (Å²) in [4.78, 5) is 33.4. The summed E-state index contributed by atoms with van der Waals surface area (Å²) in [5.74, 6) is -2.41. The predicted octanol–water partition coefficient (Wildman–Crippen LogP) is 3.67. The number of rotatable bonds is 10. The van der Waals surface area contributed by atoms with Gasteiger partial charge in [0.25, 0.3) is 5.91 Å². The summed E-state index contributed by atoms with van der Waals surface area (Å²) in [5.41, 5.74) is 8.40. The van der Waals surface area contributed by atoms with Crippen LogP contribution in [-0.2, 0) is 11.2 Å². The number of amides is 2. The zero-order valence-corrected chi connectivity index (χ0v) is 23.8. The minimum Gasteiger partial charge on any atom is -0.494 e. The van der Waals surface area contributed by atoms with Gasteiger partial charge in [0, 0.05) is 35.6 Å². The molecule has 2 amide bonds. The van der Waals surface area contributed by atoms with Gasteiger partial charge in [0.2, 0.25) is 11.7 Å². The van der Waals surface area contributed by atoms with Crippen LogP contribution in [0.1, 0.15) is 29.3 Å². The molecule has 42 heavy (non-hydrogen) atoms. The third kappa shape index (κ3) is 5.62. The van der Waals surface area contributed by atoms with Crippen molar-refractivity contribution in [2.75, 3.05) is 45.7 Å². The van der Waals surface area contributed by atoms with E-state index in [0.717, 1.165) is 18.5 Å². The molecule has 0 saturated carbocycles. The summed E-state index contributed by atoms with van der Waals surface area (Å²) in [6.45, 7) is 4.71. The van der Waals surface area contributed by atoms with E-state index < -0.39 is 11.6 Å². The van der Waals surface area contributed by atoms with E-state index >= 15 is 0 Å². The van der Waals surface area contributed by atoms with Gasteiger partial charge in [0.15, 0.2) is 23.0 Å². The highest BCUT2D eigenvalue weighted by molar-refractivity contribution is 5.96. The van der Waals surface area contributed by atoms with Crippen LogP contribution in [0.4, 0.5) is 20.3 Å². The van der Waals surface area contributed by atoms with Crippen LogP contribution in [0, 0.1) is 17.6 Å². The highest BCUT2D eigenvalue weighted by Gasteiger charge is 2.37. The molecular formula is C30H34F2N7O3+. The third-order valence-electron chi connectivity index (χ3n) is 7.98. The summed E-state index contributed by atoms with van der Waals surface area (Å²) >= 11 is 0. The smallest absolute Gasteiger partial charge is 0.251 e. The number of primary amides is 1. The van der Waals surface area contributed by atoms with Gasteiger partial charge in [-0.1, -0.05) is 6.92 Å². The number of nitrogens with one attached hydrogen (secondary N) is 2. The van der Waals surface area contributed by atoms with E-state index in [0.29, 0.717) is 58.9 Å². The molecule has 1 aliphatic heterocycles. The van der Waals surface area contributed by atoms with Gasteiger partial charge in [-0.3, -0.25) is 14.0 Å². The van der Waals surface area contributed by atoms with Crippen molar-refractivity contribution in [3.63, 3.8) is 0 Å². The fraction of sp³-hybridized carbons (Fsp3) is 0.333. The maximum absolute atomic E-state index is 14.8. The second-order valence-electron chi connectivity index (χ2n) is 10.8. The first-order chi connectivity index (χ1) is 20.1. The molecule has 4 aromatic rings. The van der Waals surface area contributed by atoms with E-state index in [9.17, 15) is 18.4 Å². The molecule has 0 bridgehead atoms. The Bertz CT molecular complexity index is 1660. The highest BCUT2D eigenvalue weighted by atomic mass is 19.2. The number of likely N-dealkylation sites (N-methyl/N-ethyl adjacent to an activating group) is 1. The van der Waals surface area contributed by atoms with Crippen molar-refractivity contribution in [2.24, 2.45) is 11.7 Å². The first-order valence-corrected chi connectivity index (χ1v) is 13.8. The third-order valence-corrected chi connectivity index (χ3v) is 7.98. The molecule has 2 atom stereocenters. The number of hydrogen-bond acceptors (Lipinski definition) is 6. The van der Waals surface area contributed by atoms with Gasteiger partial charge in [-0.25, -0.2) is 14.4 Å². The van der Waals surface area contributed by atoms with Gasteiger partial charge in [0.05, 0.1) is 58.1 Å². The van der Waals surface area contributed by atoms with Crippen LogP contribution in [0.5, 0.6) is 5.75 Å². The lowest BCUT2D eigenvalue weighted by Gasteiger charge is -2.29. The topological polar surface area (TPSA) is 124 Å². The molecule has 1 aliphatic rings. The largest absolute Gasteiger partial charge is 0.494 e. The zero-order valence-electron chi connectivity index (χ0n) is 23.8. The van der Waals surface area contributed by atoms with Crippen LogP contribution in [0.25, 0.3) is 16.9 Å². The maximum atomic E-state index is 14.8. The molecule has 0 spiro atoms. The van der Waals surface area contributed by atoms with Gasteiger partial charge in [-0.2, -0.15) is 4.39 Å². The number of nitrogens with zero attached hydrogens (tertiary/aromatic N) is 4. The summed E-state index contributed by atoms with van der Waals surface area (Å²) in [7, 11) is 3.36. The molecule has 0 radical (unpaired) electrons. The van der Waals surface area contributed by atoms with Crippen molar-refractivity contribution >= 4 is 29.0 Å². The molecule has 1 fully saturated rings. The number of aryl methyl sites for hydroxylation is 1. The highest BCUT2D eigenvalue weighted by Crippen LogP contribution is 2.32. The molecule has 10 nitrogen and oxygen atoms in total. The van der Waals surface area contributed by atoms with Crippen molar-refractivity contribution in [1.29, 1.82) is 0 Å². The summed E-state index contributed by atoms with van der Waals surface area (Å²) in [6, 6.07) is 8.24. The van der Waals surface area contributed by atoms with E-state index in [1.807, 2.05) is 13.0 Å². The summed E-state index contributed by atoms with van der Waals surface area (Å²) < 4.78 is 36.4. The molecule has 0 aliphatic carbocycles. The minimum absolute atomic E-state index is 0.0370. The molecule has 2 aromatic heterocycles. The predicted molar refractivity (Wildman–Crippen MR) is 154 cm³/mol. The van der Waals surface area contributed by atoms with Crippen LogP contribution in [-0.4, -0.2) is 71.0 Å². The number of carbonyl (C=O) groups excluding carboxylic acids is 2. The lowest BCUT2D eigenvalue weighted by Crippen LogP contribution is -2.47. The number of anilines is 2. The monoisotopic (exact) mass is 578 g/mol. The fourth-order valence-electron chi connectivity index (χ4n) is 5.57. The second-order valence-corrected chi connectivity index (χ2v) is 10.8. The van der Waals surface area contributed by atoms with Crippen molar-refractivity contribution in [3.8, 4) is 17.0 Å². The Morgan fingerprint density at radius 1 is 1.19 bits per heavy atom. The van der Waals surface area contributed by atoms with Crippen molar-refractivity contribution in [1.82, 2.24) is 19.7 Å². The molecule has 4 N–H and O–H groups in total. The zero-order chi connectivity index (χ0) is 30.0. The SMILES string of the molecule is CCc1cc(Nc2nccn3c(-c4ccc(OC)c(F)c4F)cnc23)ccc1C(=O)NCC[N+]1(C)CCC(C(N)=O)C1. The van der Waals surface area contributed by atoms with Crippen molar-refractivity contribution in [2.45, 2.75) is 19.8 Å². The number of methoxy groups -OCH3 is 1. The molecule has 3 heterocycles. The number of halogens is 2. The Hall–Kier alpha value is -4.58. The molecule has 5 rings (SSSR count). The molecule has 220 valence electrons. The maximum Gasteiger partial charge on any atom is 0.251 e. The lowest BCUT2D eigenvalue weighted by atomic mass is 10.0. The van der Waals surface area contributed by atoms with E-state index in [1.54, 1.807) is 22.7 Å². The first-order valence-electron chi connectivity index (χ1n) is 13.8. The number of carbonyl (C=O) groups is 2. The minimum atomic E-state index is -1.07. The standard InChI is InChI=1S/C30H33F2N7O3/c1-4-18-15-20(5-6-21(18)30(41)35-11-14-39(2)13-9-19(17-39)27(33)40)37-28-29-36-16-23(38(29)12-10-34-28)22-7-8-24(42-3)26(32)25(22)31/h5-8,10,12,15-16,19H,4,9,11,13-14,17H2,1-3H3,(H3-,33,34,35,37,40,41)/p+1. The Kier molecular flexibility index (Phi) is 8.08. The number of ether oxygens (including phenoxy) is 1. The van der Waals surface area contributed by atoms with E-state index in [2.05, 4.69) is 27.6 Å². The molecule has 12 heteroatoms. The van der Waals surface area contributed by atoms with E-state index in [1.165, 1.54) is 31.6 Å². The van der Waals surface area contributed by atoms with Gasteiger partial charge in [0.1, 0.15) is 0 Å². The van der Waals surface area contributed by atoms with Crippen LogP contribution in [0.15, 0.2) is 48.9 Å². The number of nitrogens with two attached hydrogens (primary N) is 1. The Morgan fingerprint density at radius 3 is 2.71 bits per heavy atom. The normalized spacial score (nSPS) is 18.3. The molecule has 2 unspecified atom stereocenters. The van der Waals surface area contributed by atoms with E-state index in [-0.39, 0.29) is 29.0 Å². The van der Waals surface area contributed by atoms with E-state index in [4.69, 9.17) is 10.5 Å². The molecular weight excluding hydrogens is 544 g/mol. The van der Waals surface area contributed by atoms with Gasteiger partial charge in [-0.05, 0) is 42.3 Å². The Labute approximate surface area is 242 Å². The van der Waals surface area contributed by atoms with Crippen LogP contribution in [0.2, 0.25) is 0 Å². The van der Waals surface area contributed by atoms with Gasteiger partial charge in [-0.15, -0.1) is 0 Å². The Morgan fingerprint density at radius 2 is 2.00 bits per heavy atom. The van der Waals surface area contributed by atoms with Crippen LogP contribution < -0.4 is 21.1 Å². The number of likely N-dealkylation sites (tertiary alicyclic amines) is 1. The number of imidazole rings is 1. The molecule has 2 aromatic carbocycles. The number of quaternary nitrogens is 1. The van der Waals surface area contributed by atoms with Crippen LogP contribution >= 0.6 is 0 Å². The lowest BCUT2D eigenvalue weighted by molar-refractivity contribution is -0.897. The quantitative estimate of drug-likeness (QED) is 0.247. The summed E-state index contributed by atoms with van der Waals surface area (Å²) in [5, 5.41) is 6.26. The molecule has 1 saturated heterocycles. The average Bonchev–Trinajstić information content (AvgIpc) is 3.59. The number of hydrogen-bond donors (Lipinski definition) is 3. The van der Waals surface area contributed by atoms with Crippen molar-refractivity contribution in [3.05, 3.63) is 71.7 Å². The Balaban J connectivity index is 1.31. The fourth-order valence-corrected chi connectivity index (χ4v) is 5.57. The second kappa shape index (κ2) is 11.7. The average molecular weight is 579 g/mol. The summed E-state index contributed by atoms with van der Waals surface area (Å²) in [6.07, 6.45) is 6.01. The van der Waals surface area contributed by atoms with Crippen molar-refractivity contribution < 1.29 is 27.6 Å². The van der Waals surface area contributed by atoms with Gasteiger partial charge < -0.3 is 25.6 Å².